The largest absolute Gasteiger partial charge is 0.480 e. The lowest BCUT2D eigenvalue weighted by atomic mass is 10.2. The quantitative estimate of drug-likeness (QED) is 0.883. The minimum absolute atomic E-state index is 0.206. The van der Waals surface area contributed by atoms with E-state index in [1.807, 2.05) is 0 Å². The van der Waals surface area contributed by atoms with Crippen molar-refractivity contribution in [3.63, 3.8) is 0 Å². The standard InChI is InChI=1S/C12H8ClNO5/c13-6-1-2-9-7(3-6)8(15)4-10(19-9)12(18)14-5-11(16)17/h1-4H,5H2,(H,14,18)(H,16,17). The molecule has 0 saturated heterocycles. The lowest BCUT2D eigenvalue weighted by Crippen LogP contribution is -2.29. The Kier molecular flexibility index (Phi) is 3.52. The van der Waals surface area contributed by atoms with E-state index in [1.54, 1.807) is 0 Å². The molecule has 19 heavy (non-hydrogen) atoms. The van der Waals surface area contributed by atoms with E-state index in [1.165, 1.54) is 18.2 Å². The van der Waals surface area contributed by atoms with Gasteiger partial charge in [0, 0.05) is 11.1 Å². The third-order valence-electron chi connectivity index (χ3n) is 2.31. The number of benzene rings is 1. The molecular formula is C12H8ClNO5. The fourth-order valence-electron chi connectivity index (χ4n) is 1.48. The highest BCUT2D eigenvalue weighted by molar-refractivity contribution is 6.31. The van der Waals surface area contributed by atoms with Crippen molar-refractivity contribution in [3.8, 4) is 0 Å². The predicted octanol–water partition coefficient (Wildman–Crippen LogP) is 1.26. The number of fused-ring (bicyclic) bond motifs is 1. The van der Waals surface area contributed by atoms with Gasteiger partial charge in [0.25, 0.3) is 5.91 Å². The van der Waals surface area contributed by atoms with Crippen LogP contribution in [0.3, 0.4) is 0 Å². The van der Waals surface area contributed by atoms with Crippen LogP contribution in [-0.4, -0.2) is 23.5 Å². The molecular weight excluding hydrogens is 274 g/mol. The number of carboxylic acids is 1. The maximum atomic E-state index is 11.8. The van der Waals surface area contributed by atoms with Gasteiger partial charge in [-0.3, -0.25) is 14.4 Å². The van der Waals surface area contributed by atoms with E-state index < -0.39 is 23.9 Å². The highest BCUT2D eigenvalue weighted by Gasteiger charge is 2.13. The van der Waals surface area contributed by atoms with E-state index >= 15 is 0 Å². The number of aliphatic carboxylic acids is 1. The van der Waals surface area contributed by atoms with Crippen molar-refractivity contribution in [1.82, 2.24) is 5.32 Å². The monoisotopic (exact) mass is 281 g/mol. The average Bonchev–Trinajstić information content (AvgIpc) is 2.36. The summed E-state index contributed by atoms with van der Waals surface area (Å²) in [6.45, 7) is -0.554. The minimum Gasteiger partial charge on any atom is -0.480 e. The summed E-state index contributed by atoms with van der Waals surface area (Å²) in [6.07, 6.45) is 0. The van der Waals surface area contributed by atoms with Gasteiger partial charge in [0.2, 0.25) is 0 Å². The molecule has 0 unspecified atom stereocenters. The molecule has 2 rings (SSSR count). The zero-order valence-electron chi connectivity index (χ0n) is 9.47. The molecule has 0 aliphatic carbocycles. The molecule has 1 aromatic carbocycles. The average molecular weight is 282 g/mol. The molecule has 1 heterocycles. The highest BCUT2D eigenvalue weighted by atomic mass is 35.5. The van der Waals surface area contributed by atoms with Crippen LogP contribution in [-0.2, 0) is 4.79 Å². The van der Waals surface area contributed by atoms with Crippen LogP contribution in [0.5, 0.6) is 0 Å². The number of hydrogen-bond donors (Lipinski definition) is 2. The van der Waals surface area contributed by atoms with Gasteiger partial charge >= 0.3 is 5.97 Å². The van der Waals surface area contributed by atoms with Crippen LogP contribution in [0.1, 0.15) is 10.6 Å². The topological polar surface area (TPSA) is 96.6 Å². The number of carbonyl (C=O) groups is 2. The molecule has 0 atom stereocenters. The summed E-state index contributed by atoms with van der Waals surface area (Å²) in [6, 6.07) is 5.41. The summed E-state index contributed by atoms with van der Waals surface area (Å²) in [5.41, 5.74) is -0.221. The Hall–Kier alpha value is -2.34. The van der Waals surface area contributed by atoms with Crippen LogP contribution < -0.4 is 10.7 Å². The van der Waals surface area contributed by atoms with E-state index in [0.717, 1.165) is 6.07 Å². The molecule has 7 heteroatoms. The van der Waals surface area contributed by atoms with Gasteiger partial charge in [-0.25, -0.2) is 0 Å². The van der Waals surface area contributed by atoms with Gasteiger partial charge in [-0.15, -0.1) is 0 Å². The number of hydrogen-bond acceptors (Lipinski definition) is 4. The molecule has 0 radical (unpaired) electrons. The number of carbonyl (C=O) groups excluding carboxylic acids is 1. The van der Waals surface area contributed by atoms with E-state index in [2.05, 4.69) is 5.32 Å². The first-order valence-electron chi connectivity index (χ1n) is 5.21. The summed E-state index contributed by atoms with van der Waals surface area (Å²) < 4.78 is 5.23. The predicted molar refractivity (Wildman–Crippen MR) is 67.5 cm³/mol. The fourth-order valence-corrected chi connectivity index (χ4v) is 1.66. The molecule has 0 aliphatic heterocycles. The van der Waals surface area contributed by atoms with Gasteiger partial charge in [-0.1, -0.05) is 11.6 Å². The third-order valence-corrected chi connectivity index (χ3v) is 2.55. The summed E-state index contributed by atoms with van der Waals surface area (Å²) in [7, 11) is 0. The van der Waals surface area contributed by atoms with Crippen molar-refractivity contribution in [2.24, 2.45) is 0 Å². The normalized spacial score (nSPS) is 10.4. The summed E-state index contributed by atoms with van der Waals surface area (Å²) in [5, 5.41) is 11.2. The Morgan fingerprint density at radius 1 is 1.32 bits per heavy atom. The summed E-state index contributed by atoms with van der Waals surface area (Å²) >= 11 is 5.75. The molecule has 2 N–H and O–H groups in total. The van der Waals surface area contributed by atoms with Crippen LogP contribution in [0.2, 0.25) is 5.02 Å². The van der Waals surface area contributed by atoms with Crippen LogP contribution in [0, 0.1) is 0 Å². The Labute approximate surface area is 111 Å². The van der Waals surface area contributed by atoms with Crippen molar-refractivity contribution >= 4 is 34.4 Å². The first kappa shape index (κ1) is 13.1. The Bertz CT molecular complexity index is 722. The van der Waals surface area contributed by atoms with Crippen molar-refractivity contribution in [1.29, 1.82) is 0 Å². The van der Waals surface area contributed by atoms with Gasteiger partial charge < -0.3 is 14.8 Å². The Balaban J connectivity index is 2.41. The zero-order chi connectivity index (χ0) is 14.0. The second-order valence-corrected chi connectivity index (χ2v) is 4.13. The smallest absolute Gasteiger partial charge is 0.322 e. The van der Waals surface area contributed by atoms with Crippen LogP contribution in [0.25, 0.3) is 11.0 Å². The van der Waals surface area contributed by atoms with Crippen molar-refractivity contribution in [2.45, 2.75) is 0 Å². The lowest BCUT2D eigenvalue weighted by Gasteiger charge is -2.03. The van der Waals surface area contributed by atoms with Crippen molar-refractivity contribution < 1.29 is 19.1 Å². The van der Waals surface area contributed by atoms with Gasteiger partial charge in [0.15, 0.2) is 11.2 Å². The van der Waals surface area contributed by atoms with Gasteiger partial charge in [-0.05, 0) is 18.2 Å². The van der Waals surface area contributed by atoms with Crippen molar-refractivity contribution in [2.75, 3.05) is 6.54 Å². The summed E-state index contributed by atoms with van der Waals surface area (Å²) in [4.78, 5) is 33.7. The molecule has 6 nitrogen and oxygen atoms in total. The molecule has 2 aromatic rings. The highest BCUT2D eigenvalue weighted by Crippen LogP contribution is 2.17. The molecule has 0 spiro atoms. The van der Waals surface area contributed by atoms with E-state index in [9.17, 15) is 14.4 Å². The van der Waals surface area contributed by atoms with Gasteiger partial charge in [0.05, 0.1) is 5.39 Å². The molecule has 0 aliphatic rings. The minimum atomic E-state index is -1.19. The maximum Gasteiger partial charge on any atom is 0.322 e. The van der Waals surface area contributed by atoms with Crippen LogP contribution in [0.4, 0.5) is 0 Å². The fraction of sp³-hybridized carbons (Fsp3) is 0.0833. The van der Waals surface area contributed by atoms with Crippen LogP contribution in [0.15, 0.2) is 33.5 Å². The van der Waals surface area contributed by atoms with Crippen molar-refractivity contribution in [3.05, 3.63) is 45.3 Å². The molecule has 0 bridgehead atoms. The number of carboxylic acid groups (broad SMARTS) is 1. The molecule has 1 amide bonds. The number of halogens is 1. The molecule has 0 saturated carbocycles. The van der Waals surface area contributed by atoms with E-state index in [0.29, 0.717) is 5.02 Å². The second kappa shape index (κ2) is 5.11. The van der Waals surface area contributed by atoms with E-state index in [4.69, 9.17) is 21.1 Å². The Morgan fingerprint density at radius 3 is 2.74 bits per heavy atom. The third kappa shape index (κ3) is 2.92. The number of nitrogens with one attached hydrogen (secondary N) is 1. The van der Waals surface area contributed by atoms with Gasteiger partial charge in [-0.2, -0.15) is 0 Å². The summed E-state index contributed by atoms with van der Waals surface area (Å²) in [5.74, 6) is -2.21. The first-order chi connectivity index (χ1) is 8.97. The number of rotatable bonds is 3. The number of amides is 1. The molecule has 1 aromatic heterocycles. The van der Waals surface area contributed by atoms with Gasteiger partial charge in [0.1, 0.15) is 12.1 Å². The Morgan fingerprint density at radius 2 is 2.05 bits per heavy atom. The maximum absolute atomic E-state index is 11.8. The second-order valence-electron chi connectivity index (χ2n) is 3.69. The zero-order valence-corrected chi connectivity index (χ0v) is 10.2. The van der Waals surface area contributed by atoms with E-state index in [-0.39, 0.29) is 16.7 Å². The lowest BCUT2D eigenvalue weighted by molar-refractivity contribution is -0.135. The first-order valence-corrected chi connectivity index (χ1v) is 5.58. The molecule has 98 valence electrons. The molecule has 0 fully saturated rings. The van der Waals surface area contributed by atoms with Crippen LogP contribution >= 0.6 is 11.6 Å². The SMILES string of the molecule is O=C(O)CNC(=O)c1cc(=O)c2cc(Cl)ccc2o1.